The second kappa shape index (κ2) is 4.20. The first-order chi connectivity index (χ1) is 7.97. The van der Waals surface area contributed by atoms with Crippen molar-refractivity contribution in [1.29, 1.82) is 0 Å². The summed E-state index contributed by atoms with van der Waals surface area (Å²) in [4.78, 5) is 11.4. The average molecular weight is 235 g/mol. The van der Waals surface area contributed by atoms with Crippen LogP contribution in [0.1, 0.15) is 19.4 Å². The minimum absolute atomic E-state index is 0.0661. The SMILES string of the molecule is CC(C)Cc1cc(=O)oc2cc(F)c(N)cc12. The Bertz CT molecular complexity index is 617. The van der Waals surface area contributed by atoms with E-state index in [9.17, 15) is 9.18 Å². The molecule has 1 heterocycles. The van der Waals surface area contributed by atoms with Gasteiger partial charge in [-0.3, -0.25) is 0 Å². The van der Waals surface area contributed by atoms with E-state index in [1.54, 1.807) is 0 Å². The minimum Gasteiger partial charge on any atom is -0.423 e. The van der Waals surface area contributed by atoms with Gasteiger partial charge in [-0.05, 0) is 24.0 Å². The van der Waals surface area contributed by atoms with Crippen molar-refractivity contribution in [2.24, 2.45) is 5.92 Å². The van der Waals surface area contributed by atoms with Gasteiger partial charge in [-0.1, -0.05) is 13.8 Å². The molecule has 0 spiro atoms. The van der Waals surface area contributed by atoms with E-state index in [2.05, 4.69) is 0 Å². The molecule has 1 aromatic heterocycles. The summed E-state index contributed by atoms with van der Waals surface area (Å²) in [6.07, 6.45) is 0.729. The lowest BCUT2D eigenvalue weighted by Crippen LogP contribution is -2.04. The summed E-state index contributed by atoms with van der Waals surface area (Å²) in [6, 6.07) is 4.13. The van der Waals surface area contributed by atoms with Crippen LogP contribution in [0.3, 0.4) is 0 Å². The summed E-state index contributed by atoms with van der Waals surface area (Å²) in [5.74, 6) is -0.173. The number of anilines is 1. The van der Waals surface area contributed by atoms with Gasteiger partial charge in [0.2, 0.25) is 0 Å². The molecule has 0 saturated heterocycles. The molecule has 0 amide bonds. The lowest BCUT2D eigenvalue weighted by atomic mass is 10.00. The maximum atomic E-state index is 13.3. The van der Waals surface area contributed by atoms with Crippen molar-refractivity contribution in [3.05, 3.63) is 40.0 Å². The molecular formula is C13H14FNO2. The number of nitrogens with two attached hydrogens (primary N) is 1. The summed E-state index contributed by atoms with van der Waals surface area (Å²) >= 11 is 0. The Labute approximate surface area is 98.0 Å². The number of nitrogen functional groups attached to an aromatic ring is 1. The molecule has 17 heavy (non-hydrogen) atoms. The van der Waals surface area contributed by atoms with E-state index in [-0.39, 0.29) is 11.3 Å². The number of hydrogen-bond donors (Lipinski definition) is 1. The largest absolute Gasteiger partial charge is 0.423 e. The third-order valence-electron chi connectivity index (χ3n) is 2.58. The van der Waals surface area contributed by atoms with Gasteiger partial charge in [-0.2, -0.15) is 0 Å². The monoisotopic (exact) mass is 235 g/mol. The molecule has 0 aliphatic heterocycles. The highest BCUT2D eigenvalue weighted by atomic mass is 19.1. The van der Waals surface area contributed by atoms with Crippen molar-refractivity contribution in [3.8, 4) is 0 Å². The summed E-state index contributed by atoms with van der Waals surface area (Å²) in [5.41, 5.74) is 6.23. The van der Waals surface area contributed by atoms with E-state index in [0.717, 1.165) is 18.1 Å². The fourth-order valence-corrected chi connectivity index (χ4v) is 1.87. The minimum atomic E-state index is -0.567. The average Bonchev–Trinajstić information content (AvgIpc) is 2.20. The molecule has 90 valence electrons. The van der Waals surface area contributed by atoms with Crippen LogP contribution in [0.4, 0.5) is 10.1 Å². The molecule has 2 N–H and O–H groups in total. The van der Waals surface area contributed by atoms with Gasteiger partial charge in [-0.25, -0.2) is 9.18 Å². The molecule has 0 radical (unpaired) electrons. The molecule has 0 atom stereocenters. The zero-order chi connectivity index (χ0) is 12.6. The van der Waals surface area contributed by atoms with E-state index in [1.807, 2.05) is 13.8 Å². The van der Waals surface area contributed by atoms with Crippen molar-refractivity contribution in [2.45, 2.75) is 20.3 Å². The molecule has 0 fully saturated rings. The Kier molecular flexibility index (Phi) is 2.88. The topological polar surface area (TPSA) is 56.2 Å². The Morgan fingerprint density at radius 3 is 2.71 bits per heavy atom. The second-order valence-electron chi connectivity index (χ2n) is 4.56. The van der Waals surface area contributed by atoms with E-state index in [1.165, 1.54) is 12.1 Å². The molecule has 0 aliphatic rings. The van der Waals surface area contributed by atoms with Gasteiger partial charge in [0.25, 0.3) is 0 Å². The number of benzene rings is 1. The van der Waals surface area contributed by atoms with Crippen LogP contribution in [0.2, 0.25) is 0 Å². The standard InChI is InChI=1S/C13H14FNO2/c1-7(2)3-8-4-13(16)17-12-6-10(14)11(15)5-9(8)12/h4-7H,3,15H2,1-2H3. The molecule has 4 heteroatoms. The van der Waals surface area contributed by atoms with Crippen LogP contribution < -0.4 is 11.4 Å². The Hall–Kier alpha value is -1.84. The van der Waals surface area contributed by atoms with Gasteiger partial charge >= 0.3 is 5.63 Å². The first kappa shape index (κ1) is 11.6. The van der Waals surface area contributed by atoms with Crippen molar-refractivity contribution in [1.82, 2.24) is 0 Å². The molecule has 0 bridgehead atoms. The van der Waals surface area contributed by atoms with E-state index >= 15 is 0 Å². The first-order valence-electron chi connectivity index (χ1n) is 5.49. The fourth-order valence-electron chi connectivity index (χ4n) is 1.87. The quantitative estimate of drug-likeness (QED) is 0.643. The van der Waals surface area contributed by atoms with Crippen molar-refractivity contribution >= 4 is 16.7 Å². The van der Waals surface area contributed by atoms with Gasteiger partial charge in [-0.15, -0.1) is 0 Å². The zero-order valence-corrected chi connectivity index (χ0v) is 9.79. The number of rotatable bonds is 2. The number of fused-ring (bicyclic) bond motifs is 1. The van der Waals surface area contributed by atoms with Crippen molar-refractivity contribution in [2.75, 3.05) is 5.73 Å². The van der Waals surface area contributed by atoms with Gasteiger partial charge in [0.1, 0.15) is 11.4 Å². The van der Waals surface area contributed by atoms with Gasteiger partial charge in [0.05, 0.1) is 5.69 Å². The van der Waals surface area contributed by atoms with Crippen LogP contribution in [-0.2, 0) is 6.42 Å². The Morgan fingerprint density at radius 1 is 1.35 bits per heavy atom. The number of halogens is 1. The predicted octanol–water partition coefficient (Wildman–Crippen LogP) is 2.71. The van der Waals surface area contributed by atoms with Crippen LogP contribution in [0, 0.1) is 11.7 Å². The molecule has 2 rings (SSSR count). The molecule has 0 unspecified atom stereocenters. The molecular weight excluding hydrogens is 221 g/mol. The highest BCUT2D eigenvalue weighted by Crippen LogP contribution is 2.24. The van der Waals surface area contributed by atoms with Crippen LogP contribution in [0.15, 0.2) is 27.4 Å². The third kappa shape index (κ3) is 2.30. The van der Waals surface area contributed by atoms with E-state index in [4.69, 9.17) is 10.2 Å². The first-order valence-corrected chi connectivity index (χ1v) is 5.49. The van der Waals surface area contributed by atoms with Gasteiger partial charge < -0.3 is 10.2 Å². The van der Waals surface area contributed by atoms with Gasteiger partial charge in [0, 0.05) is 17.5 Å². The predicted molar refractivity (Wildman–Crippen MR) is 65.4 cm³/mol. The highest BCUT2D eigenvalue weighted by Gasteiger charge is 2.10. The normalized spacial score (nSPS) is 11.3. The second-order valence-corrected chi connectivity index (χ2v) is 4.56. The van der Waals surface area contributed by atoms with Crippen LogP contribution in [-0.4, -0.2) is 0 Å². The third-order valence-corrected chi connectivity index (χ3v) is 2.58. The Balaban J connectivity index is 2.73. The van der Waals surface area contributed by atoms with Crippen LogP contribution in [0.25, 0.3) is 11.0 Å². The fraction of sp³-hybridized carbons (Fsp3) is 0.308. The van der Waals surface area contributed by atoms with Crippen LogP contribution >= 0.6 is 0 Å². The molecule has 0 aliphatic carbocycles. The van der Waals surface area contributed by atoms with Crippen LogP contribution in [0.5, 0.6) is 0 Å². The van der Waals surface area contributed by atoms with E-state index in [0.29, 0.717) is 11.3 Å². The summed E-state index contributed by atoms with van der Waals surface area (Å²) in [6.45, 7) is 4.10. The van der Waals surface area contributed by atoms with Gasteiger partial charge in [0.15, 0.2) is 0 Å². The lowest BCUT2D eigenvalue weighted by Gasteiger charge is -2.08. The van der Waals surface area contributed by atoms with Crippen molar-refractivity contribution < 1.29 is 8.81 Å². The number of hydrogen-bond acceptors (Lipinski definition) is 3. The molecule has 3 nitrogen and oxygen atoms in total. The maximum Gasteiger partial charge on any atom is 0.336 e. The smallest absolute Gasteiger partial charge is 0.336 e. The summed E-state index contributed by atoms with van der Waals surface area (Å²) in [5, 5.41) is 0.706. The maximum absolute atomic E-state index is 13.3. The summed E-state index contributed by atoms with van der Waals surface area (Å²) < 4.78 is 18.3. The molecule has 1 aromatic carbocycles. The zero-order valence-electron chi connectivity index (χ0n) is 9.79. The Morgan fingerprint density at radius 2 is 2.06 bits per heavy atom. The molecule has 2 aromatic rings. The molecule has 0 saturated carbocycles. The highest BCUT2D eigenvalue weighted by molar-refractivity contribution is 5.83. The van der Waals surface area contributed by atoms with E-state index < -0.39 is 11.4 Å². The lowest BCUT2D eigenvalue weighted by molar-refractivity contribution is 0.549. The summed E-state index contributed by atoms with van der Waals surface area (Å²) in [7, 11) is 0. The van der Waals surface area contributed by atoms with Crippen molar-refractivity contribution in [3.63, 3.8) is 0 Å².